The van der Waals surface area contributed by atoms with Crippen LogP contribution >= 0.6 is 11.3 Å². The molecule has 0 saturated heterocycles. The van der Waals surface area contributed by atoms with Gasteiger partial charge in [0.25, 0.3) is 0 Å². The number of aliphatic hydroxyl groups is 1. The molecular weight excluding hydrogens is 801 g/mol. The molecule has 1 N–H and O–H groups in total. The van der Waals surface area contributed by atoms with Gasteiger partial charge in [0, 0.05) is 57.5 Å². The van der Waals surface area contributed by atoms with E-state index in [-0.39, 0.29) is 42.5 Å². The first kappa shape index (κ1) is 38.4. The van der Waals surface area contributed by atoms with Gasteiger partial charge in [0.15, 0.2) is 5.78 Å². The van der Waals surface area contributed by atoms with Crippen molar-refractivity contribution < 1.29 is 30.0 Å². The van der Waals surface area contributed by atoms with Gasteiger partial charge in [0.1, 0.15) is 12.1 Å². The second kappa shape index (κ2) is 16.1. The van der Waals surface area contributed by atoms with E-state index in [0.29, 0.717) is 5.92 Å². The van der Waals surface area contributed by atoms with Crippen LogP contribution in [0.1, 0.15) is 86.6 Å². The number of aliphatic hydroxyl groups excluding tert-OH is 1. The molecule has 0 atom stereocenters. The first-order valence-electron chi connectivity index (χ1n) is 17.4. The van der Waals surface area contributed by atoms with Gasteiger partial charge in [0.05, 0.1) is 5.52 Å². The topological polar surface area (TPSA) is 63.1 Å². The minimum Gasteiger partial charge on any atom is -0.512 e. The molecule has 0 aliphatic rings. The molecule has 2 heterocycles. The Labute approximate surface area is 309 Å². The average Bonchev–Trinajstić information content (AvgIpc) is 3.50. The number of rotatable bonds is 10. The largest absolute Gasteiger partial charge is 0.512 e. The molecule has 0 aliphatic heterocycles. The van der Waals surface area contributed by atoms with Gasteiger partial charge in [0.2, 0.25) is 0 Å². The quantitative estimate of drug-likeness (QED) is 0.0847. The average molecular weight is 850 g/mol. The van der Waals surface area contributed by atoms with E-state index in [4.69, 9.17) is 9.97 Å². The Morgan fingerprint density at radius 1 is 0.878 bits per heavy atom. The molecule has 6 aromatic rings. The van der Waals surface area contributed by atoms with E-state index in [1.54, 1.807) is 17.7 Å². The molecule has 49 heavy (non-hydrogen) atoms. The molecule has 0 bridgehead atoms. The maximum Gasteiger partial charge on any atom is 0.164 e. The summed E-state index contributed by atoms with van der Waals surface area (Å²) in [6.07, 6.45) is 7.49. The fourth-order valence-corrected chi connectivity index (χ4v) is 7.43. The van der Waals surface area contributed by atoms with Crippen molar-refractivity contribution in [3.05, 3.63) is 96.5 Å². The van der Waals surface area contributed by atoms with Crippen LogP contribution in [0.25, 0.3) is 53.1 Å². The number of carbonyl (C=O) groups is 1. The summed E-state index contributed by atoms with van der Waals surface area (Å²) >= 11 is 1.78. The maximum atomic E-state index is 12.2. The number of hydrogen-bond acceptors (Lipinski definition) is 5. The normalized spacial score (nSPS) is 12.4. The van der Waals surface area contributed by atoms with Gasteiger partial charge in [-0.25, -0.2) is 4.98 Å². The van der Waals surface area contributed by atoms with E-state index in [0.717, 1.165) is 59.0 Å². The van der Waals surface area contributed by atoms with Crippen molar-refractivity contribution in [2.45, 2.75) is 87.5 Å². The number of ketones is 1. The minimum absolute atomic E-state index is 0. The summed E-state index contributed by atoms with van der Waals surface area (Å²) in [7, 11) is 0. The maximum absolute atomic E-state index is 12.2. The van der Waals surface area contributed by atoms with Gasteiger partial charge < -0.3 is 5.11 Å². The summed E-state index contributed by atoms with van der Waals surface area (Å²) in [5.41, 5.74) is 3.82. The van der Waals surface area contributed by atoms with Crippen LogP contribution in [0.15, 0.2) is 84.9 Å². The summed E-state index contributed by atoms with van der Waals surface area (Å²) in [4.78, 5) is 21.7. The van der Waals surface area contributed by atoms with Crippen molar-refractivity contribution in [1.29, 1.82) is 0 Å². The molecule has 259 valence electrons. The summed E-state index contributed by atoms with van der Waals surface area (Å²) in [6.45, 7) is 16.6. The Kier molecular flexibility index (Phi) is 12.6. The second-order valence-electron chi connectivity index (χ2n) is 13.9. The third-order valence-electron chi connectivity index (χ3n) is 10.5. The zero-order valence-corrected chi connectivity index (χ0v) is 33.3. The first-order valence-corrected chi connectivity index (χ1v) is 18.2. The molecule has 0 saturated carbocycles. The number of carbonyl (C=O) groups excluding carboxylic acids is 1. The molecule has 0 aliphatic carbocycles. The third kappa shape index (κ3) is 7.83. The molecule has 0 fully saturated rings. The Balaban J connectivity index is 0.000000260. The summed E-state index contributed by atoms with van der Waals surface area (Å²) in [5, 5.41) is 16.3. The predicted molar refractivity (Wildman–Crippen MR) is 206 cm³/mol. The van der Waals surface area contributed by atoms with Crippen LogP contribution in [0, 0.1) is 22.8 Å². The van der Waals surface area contributed by atoms with E-state index >= 15 is 0 Å². The van der Waals surface area contributed by atoms with Gasteiger partial charge >= 0.3 is 0 Å². The van der Waals surface area contributed by atoms with Crippen molar-refractivity contribution >= 4 is 59.0 Å². The van der Waals surface area contributed by atoms with E-state index < -0.39 is 0 Å². The molecule has 6 rings (SSSR count). The van der Waals surface area contributed by atoms with Gasteiger partial charge in [-0.05, 0) is 54.9 Å². The zero-order valence-electron chi connectivity index (χ0n) is 30.1. The Hall–Kier alpha value is -3.44. The third-order valence-corrected chi connectivity index (χ3v) is 11.6. The number of nitrogens with zero attached hydrogens (tertiary/aromatic N) is 2. The predicted octanol–water partition coefficient (Wildman–Crippen LogP) is 12.5. The van der Waals surface area contributed by atoms with Crippen molar-refractivity contribution in [3.8, 4) is 11.3 Å². The molecule has 2 aromatic heterocycles. The number of benzene rings is 4. The second-order valence-corrected chi connectivity index (χ2v) is 15.0. The molecule has 1 radical (unpaired) electrons. The van der Waals surface area contributed by atoms with E-state index in [9.17, 15) is 9.90 Å². The molecule has 4 aromatic carbocycles. The van der Waals surface area contributed by atoms with Gasteiger partial charge in [-0.15, -0.1) is 40.5 Å². The molecule has 0 amide bonds. The Bertz CT molecular complexity index is 2100. The monoisotopic (exact) mass is 850 g/mol. The van der Waals surface area contributed by atoms with Crippen molar-refractivity contribution in [1.82, 2.24) is 9.97 Å². The van der Waals surface area contributed by atoms with E-state index in [2.05, 4.69) is 86.6 Å². The van der Waals surface area contributed by atoms with Crippen LogP contribution in [0.5, 0.6) is 0 Å². The van der Waals surface area contributed by atoms with Crippen LogP contribution in [-0.4, -0.2) is 20.9 Å². The minimum atomic E-state index is -0.337. The fraction of sp³-hybridized carbons (Fsp3) is 0.372. The number of allylic oxidation sites excluding steroid dienone is 2. The standard InChI is InChI=1S/C28H21N2S.C15H28O2.Ir/c1-17(2)13-20-15-21(14-19-8-4-5-9-22(19)20)26-28-27(30-16-29-26)25-23-10-6-3-7-18(23)11-12-24(25)31-28;1-7-14(5,8-2)12(16)11-13(17)15(6,9-3)10-4;/h3-12,15-17H,13H2,1-2H3;11,16H,7-10H2,1-6H3;/q-1;;/b;12-11-;. The summed E-state index contributed by atoms with van der Waals surface area (Å²) in [6, 6.07) is 27.4. The van der Waals surface area contributed by atoms with Crippen molar-refractivity contribution in [2.75, 3.05) is 0 Å². The Morgan fingerprint density at radius 2 is 1.51 bits per heavy atom. The summed E-state index contributed by atoms with van der Waals surface area (Å²) < 4.78 is 2.38. The SMILES string of the molecule is CC(C)Cc1cc(-c2ncnc3c2sc2ccc4ccccc4c23)[c-]c2ccccc12.CCC(C)(CC)C(=O)/C=C(\O)C(C)(CC)CC.[Ir]. The van der Waals surface area contributed by atoms with E-state index in [1.165, 1.54) is 37.9 Å². The molecule has 6 heteroatoms. The molecule has 4 nitrogen and oxygen atoms in total. The number of fused-ring (bicyclic) bond motifs is 6. The number of thiophene rings is 1. The van der Waals surface area contributed by atoms with Crippen LogP contribution < -0.4 is 0 Å². The van der Waals surface area contributed by atoms with Crippen molar-refractivity contribution in [3.63, 3.8) is 0 Å². The van der Waals surface area contributed by atoms with Crippen LogP contribution in [0.4, 0.5) is 0 Å². The van der Waals surface area contributed by atoms with Crippen LogP contribution in [0.2, 0.25) is 0 Å². The zero-order chi connectivity index (χ0) is 34.6. The number of hydrogen-bond donors (Lipinski definition) is 1. The smallest absolute Gasteiger partial charge is 0.164 e. The summed E-state index contributed by atoms with van der Waals surface area (Å²) in [5.74, 6) is 0.869. The van der Waals surface area contributed by atoms with Gasteiger partial charge in [-0.1, -0.05) is 115 Å². The van der Waals surface area contributed by atoms with Crippen LogP contribution in [-0.2, 0) is 31.3 Å². The van der Waals surface area contributed by atoms with Gasteiger partial charge in [-0.3, -0.25) is 9.78 Å². The fourth-order valence-electron chi connectivity index (χ4n) is 6.26. The number of aromatic nitrogens is 2. The Morgan fingerprint density at radius 3 is 2.16 bits per heavy atom. The molecular formula is C43H49IrN2O2S-. The first-order chi connectivity index (χ1) is 23.0. The van der Waals surface area contributed by atoms with Crippen LogP contribution in [0.3, 0.4) is 0 Å². The van der Waals surface area contributed by atoms with Gasteiger partial charge in [-0.2, -0.15) is 0 Å². The van der Waals surface area contributed by atoms with E-state index in [1.807, 2.05) is 41.5 Å². The molecule has 0 unspecified atom stereocenters. The molecule has 0 spiro atoms. The van der Waals surface area contributed by atoms with Crippen molar-refractivity contribution in [2.24, 2.45) is 16.7 Å².